The fourth-order valence-electron chi connectivity index (χ4n) is 3.61. The van der Waals surface area contributed by atoms with E-state index in [0.717, 1.165) is 35.5 Å². The molecule has 0 radical (unpaired) electrons. The maximum absolute atomic E-state index is 12.2. The first-order chi connectivity index (χ1) is 15.5. The van der Waals surface area contributed by atoms with Gasteiger partial charge < -0.3 is 21.3 Å². The second kappa shape index (κ2) is 11.3. The van der Waals surface area contributed by atoms with Crippen LogP contribution in [-0.4, -0.2) is 30.9 Å². The molecule has 0 aliphatic carbocycles. The van der Waals surface area contributed by atoms with Crippen LogP contribution < -0.4 is 21.3 Å². The highest BCUT2D eigenvalue weighted by molar-refractivity contribution is 5.95. The van der Waals surface area contributed by atoms with Crippen molar-refractivity contribution in [2.24, 2.45) is 10.9 Å². The van der Waals surface area contributed by atoms with Crippen LogP contribution in [0.15, 0.2) is 53.5 Å². The van der Waals surface area contributed by atoms with E-state index in [2.05, 4.69) is 27.3 Å². The number of hydrogen-bond acceptors (Lipinski definition) is 3. The Morgan fingerprint density at radius 2 is 1.97 bits per heavy atom. The van der Waals surface area contributed by atoms with E-state index < -0.39 is 0 Å². The van der Waals surface area contributed by atoms with E-state index >= 15 is 0 Å². The van der Waals surface area contributed by atoms with Crippen molar-refractivity contribution in [2.45, 2.75) is 46.1 Å². The van der Waals surface area contributed by atoms with Gasteiger partial charge in [0.05, 0.1) is 6.54 Å². The van der Waals surface area contributed by atoms with Crippen molar-refractivity contribution in [1.29, 1.82) is 0 Å². The molecular formula is C25H33N5O2. The molecule has 0 saturated carbocycles. The summed E-state index contributed by atoms with van der Waals surface area (Å²) < 4.78 is 0. The Kier molecular flexibility index (Phi) is 8.25. The molecule has 0 saturated heterocycles. The fraction of sp³-hybridized carbons (Fsp3) is 0.400. The minimum Gasteiger partial charge on any atom is -0.357 e. The summed E-state index contributed by atoms with van der Waals surface area (Å²) in [6, 6.07) is 15.7. The molecule has 3 rings (SSSR count). The van der Waals surface area contributed by atoms with Gasteiger partial charge in [0.15, 0.2) is 5.96 Å². The lowest BCUT2D eigenvalue weighted by atomic mass is 9.90. The molecule has 0 spiro atoms. The highest BCUT2D eigenvalue weighted by Crippen LogP contribution is 2.31. The van der Waals surface area contributed by atoms with Crippen LogP contribution >= 0.6 is 0 Å². The Bertz CT molecular complexity index is 972. The van der Waals surface area contributed by atoms with Gasteiger partial charge in [0, 0.05) is 42.7 Å². The van der Waals surface area contributed by atoms with E-state index in [4.69, 9.17) is 4.99 Å². The average molecular weight is 436 g/mol. The minimum atomic E-state index is -0.0202. The molecule has 2 atom stereocenters. The number of carbonyl (C=O) groups excluding carboxylic acids is 2. The Labute approximate surface area is 190 Å². The summed E-state index contributed by atoms with van der Waals surface area (Å²) in [5, 5.41) is 12.6. The van der Waals surface area contributed by atoms with E-state index in [9.17, 15) is 9.59 Å². The molecule has 1 aliphatic rings. The monoisotopic (exact) mass is 435 g/mol. The molecule has 0 fully saturated rings. The van der Waals surface area contributed by atoms with Gasteiger partial charge >= 0.3 is 0 Å². The van der Waals surface area contributed by atoms with Crippen molar-refractivity contribution in [3.8, 4) is 0 Å². The summed E-state index contributed by atoms with van der Waals surface area (Å²) in [7, 11) is 0. The van der Waals surface area contributed by atoms with E-state index in [1.165, 1.54) is 0 Å². The smallest absolute Gasteiger partial charge is 0.227 e. The van der Waals surface area contributed by atoms with Crippen LogP contribution in [0.2, 0.25) is 0 Å². The molecule has 2 aromatic rings. The number of anilines is 2. The van der Waals surface area contributed by atoms with Gasteiger partial charge in [0.1, 0.15) is 0 Å². The van der Waals surface area contributed by atoms with Crippen LogP contribution in [0.1, 0.15) is 50.7 Å². The van der Waals surface area contributed by atoms with Gasteiger partial charge in [-0.05, 0) is 42.7 Å². The zero-order valence-corrected chi connectivity index (χ0v) is 19.1. The number of hydrogen-bond donors (Lipinski definition) is 4. The van der Waals surface area contributed by atoms with E-state index in [1.807, 2.05) is 63.2 Å². The molecule has 2 unspecified atom stereocenters. The van der Waals surface area contributed by atoms with Gasteiger partial charge in [-0.25, -0.2) is 4.99 Å². The number of aliphatic imine (C=N–C) groups is 1. The molecule has 2 amide bonds. The second-order valence-corrected chi connectivity index (χ2v) is 8.11. The second-order valence-electron chi connectivity index (χ2n) is 8.11. The van der Waals surface area contributed by atoms with Crippen LogP contribution in [0.3, 0.4) is 0 Å². The van der Waals surface area contributed by atoms with E-state index in [-0.39, 0.29) is 23.7 Å². The van der Waals surface area contributed by atoms with Gasteiger partial charge in [-0.2, -0.15) is 0 Å². The fourth-order valence-corrected chi connectivity index (χ4v) is 3.61. The number of para-hydroxylation sites is 1. The lowest BCUT2D eigenvalue weighted by molar-refractivity contribution is -0.119. The molecule has 7 heteroatoms. The molecule has 2 aromatic carbocycles. The van der Waals surface area contributed by atoms with Gasteiger partial charge in [-0.15, -0.1) is 0 Å². The lowest BCUT2D eigenvalue weighted by Crippen LogP contribution is -2.40. The topological polar surface area (TPSA) is 94.6 Å². The van der Waals surface area contributed by atoms with Crippen molar-refractivity contribution in [3.05, 3.63) is 59.7 Å². The van der Waals surface area contributed by atoms with Crippen molar-refractivity contribution in [1.82, 2.24) is 10.6 Å². The zero-order valence-electron chi connectivity index (χ0n) is 19.1. The van der Waals surface area contributed by atoms with Gasteiger partial charge in [-0.3, -0.25) is 9.59 Å². The SMILES string of the molecule is CCNC(=NCc1cccc(NC(=O)C(C)CC)c1)NCC1CC(=O)Nc2ccccc21. The molecule has 7 nitrogen and oxygen atoms in total. The van der Waals surface area contributed by atoms with Gasteiger partial charge in [-0.1, -0.05) is 44.2 Å². The molecule has 170 valence electrons. The van der Waals surface area contributed by atoms with Crippen molar-refractivity contribution in [3.63, 3.8) is 0 Å². The molecule has 32 heavy (non-hydrogen) atoms. The lowest BCUT2D eigenvalue weighted by Gasteiger charge is -2.26. The van der Waals surface area contributed by atoms with Crippen LogP contribution in [0.5, 0.6) is 0 Å². The Morgan fingerprint density at radius 3 is 2.75 bits per heavy atom. The van der Waals surface area contributed by atoms with E-state index in [1.54, 1.807) is 0 Å². The van der Waals surface area contributed by atoms with Crippen molar-refractivity contribution < 1.29 is 9.59 Å². The number of fused-ring (bicyclic) bond motifs is 1. The molecule has 1 heterocycles. The first-order valence-electron chi connectivity index (χ1n) is 11.3. The average Bonchev–Trinajstić information content (AvgIpc) is 2.80. The Morgan fingerprint density at radius 1 is 1.16 bits per heavy atom. The summed E-state index contributed by atoms with van der Waals surface area (Å²) in [5.74, 6) is 0.829. The third kappa shape index (κ3) is 6.33. The normalized spacial score (nSPS) is 16.5. The molecule has 1 aliphatic heterocycles. The van der Waals surface area contributed by atoms with Crippen LogP contribution in [0, 0.1) is 5.92 Å². The number of nitrogens with one attached hydrogen (secondary N) is 4. The Hall–Kier alpha value is -3.35. The van der Waals surface area contributed by atoms with Crippen LogP contribution in [-0.2, 0) is 16.1 Å². The van der Waals surface area contributed by atoms with Crippen LogP contribution in [0.4, 0.5) is 11.4 Å². The van der Waals surface area contributed by atoms with Crippen molar-refractivity contribution >= 4 is 29.1 Å². The third-order valence-electron chi connectivity index (χ3n) is 5.64. The van der Waals surface area contributed by atoms with Crippen LogP contribution in [0.25, 0.3) is 0 Å². The minimum absolute atomic E-state index is 0.0202. The summed E-state index contributed by atoms with van der Waals surface area (Å²) in [4.78, 5) is 28.9. The maximum Gasteiger partial charge on any atom is 0.227 e. The maximum atomic E-state index is 12.2. The number of guanidine groups is 1. The van der Waals surface area contributed by atoms with Gasteiger partial charge in [0.2, 0.25) is 11.8 Å². The number of nitrogens with zero attached hydrogens (tertiary/aromatic N) is 1. The Balaban J connectivity index is 1.64. The summed E-state index contributed by atoms with van der Waals surface area (Å²) in [5.41, 5.74) is 3.81. The number of rotatable bonds is 8. The molecule has 0 aromatic heterocycles. The van der Waals surface area contributed by atoms with E-state index in [0.29, 0.717) is 25.5 Å². The quantitative estimate of drug-likeness (QED) is 0.374. The highest BCUT2D eigenvalue weighted by Gasteiger charge is 2.24. The number of benzene rings is 2. The molecule has 0 bridgehead atoms. The summed E-state index contributed by atoms with van der Waals surface area (Å²) in [6.07, 6.45) is 1.25. The number of amides is 2. The number of carbonyl (C=O) groups is 2. The first-order valence-corrected chi connectivity index (χ1v) is 11.3. The largest absolute Gasteiger partial charge is 0.357 e. The summed E-state index contributed by atoms with van der Waals surface area (Å²) in [6.45, 7) is 7.77. The standard InChI is InChI=1S/C25H33N5O2/c1-4-17(3)24(32)29-20-10-8-9-18(13-20)15-27-25(26-5-2)28-16-19-14-23(31)30-22-12-7-6-11-21(19)22/h6-13,17,19H,4-5,14-16H2,1-3H3,(H,29,32)(H,30,31)(H2,26,27,28). The first kappa shape index (κ1) is 23.3. The van der Waals surface area contributed by atoms with Gasteiger partial charge in [0.25, 0.3) is 0 Å². The highest BCUT2D eigenvalue weighted by atomic mass is 16.2. The summed E-state index contributed by atoms with van der Waals surface area (Å²) >= 11 is 0. The molecule has 4 N–H and O–H groups in total. The molecular weight excluding hydrogens is 402 g/mol. The third-order valence-corrected chi connectivity index (χ3v) is 5.64. The van der Waals surface area contributed by atoms with Crippen molar-refractivity contribution in [2.75, 3.05) is 23.7 Å². The zero-order chi connectivity index (χ0) is 22.9. The predicted octanol–water partition coefficient (Wildman–Crippen LogP) is 3.85. The predicted molar refractivity (Wildman–Crippen MR) is 130 cm³/mol.